The highest BCUT2D eigenvalue weighted by atomic mass is 16.7. The van der Waals surface area contributed by atoms with Gasteiger partial charge in [0.1, 0.15) is 5.54 Å². The maximum absolute atomic E-state index is 13.5. The molecule has 2 aliphatic heterocycles. The molecule has 0 spiro atoms. The molecule has 1 aliphatic carbocycles. The normalized spacial score (nSPS) is 30.5. The van der Waals surface area contributed by atoms with Gasteiger partial charge in [-0.1, -0.05) is 37.3 Å². The number of carbonyl (C=O) groups excluding carboxylic acids is 2. The van der Waals surface area contributed by atoms with Gasteiger partial charge in [0.2, 0.25) is 5.91 Å². The number of nitrogens with one attached hydrogen (secondary N) is 2. The van der Waals surface area contributed by atoms with E-state index in [1.54, 1.807) is 7.11 Å². The van der Waals surface area contributed by atoms with Crippen molar-refractivity contribution >= 4 is 11.8 Å². The van der Waals surface area contributed by atoms with E-state index in [1.807, 2.05) is 37.3 Å². The predicted octanol–water partition coefficient (Wildman–Crippen LogP) is 1.99. The molecule has 5 atom stereocenters. The fourth-order valence-corrected chi connectivity index (χ4v) is 4.95. The van der Waals surface area contributed by atoms with Crippen LogP contribution in [0.4, 0.5) is 0 Å². The molecular weight excluding hydrogens is 382 g/mol. The van der Waals surface area contributed by atoms with Crippen LogP contribution < -0.4 is 10.6 Å². The highest BCUT2D eigenvalue weighted by Crippen LogP contribution is 2.53. The standard InChI is InChI=1S/C23H33N3O4/c1-16(20(29-2)19-11-8-12-24-19)21(27)25-23(22(28)26-13-6-7-14-30-26)15-18(23)17-9-4-3-5-10-17/h3-5,9-10,16,18-20,24H,6-8,11-15H2,1-2H3,(H,25,27)/t16-,18-,19+,20-,23?/m1/s1. The van der Waals surface area contributed by atoms with Gasteiger partial charge in [-0.25, -0.2) is 5.06 Å². The summed E-state index contributed by atoms with van der Waals surface area (Å²) in [5.41, 5.74) is 0.127. The number of benzene rings is 1. The van der Waals surface area contributed by atoms with Gasteiger partial charge in [-0.2, -0.15) is 0 Å². The minimum absolute atomic E-state index is 0.0431. The summed E-state index contributed by atoms with van der Waals surface area (Å²) in [6.45, 7) is 3.95. The first-order valence-electron chi connectivity index (χ1n) is 11.1. The highest BCUT2D eigenvalue weighted by molar-refractivity contribution is 5.96. The number of hydrogen-bond donors (Lipinski definition) is 2. The summed E-state index contributed by atoms with van der Waals surface area (Å²) in [6, 6.07) is 10.1. The Balaban J connectivity index is 1.52. The monoisotopic (exact) mass is 415 g/mol. The minimum atomic E-state index is -0.939. The number of ether oxygens (including phenoxy) is 1. The quantitative estimate of drug-likeness (QED) is 0.712. The van der Waals surface area contributed by atoms with Gasteiger partial charge >= 0.3 is 0 Å². The third-order valence-corrected chi connectivity index (χ3v) is 6.79. The summed E-state index contributed by atoms with van der Waals surface area (Å²) in [5.74, 6) is -0.683. The second kappa shape index (κ2) is 9.04. The van der Waals surface area contributed by atoms with Crippen molar-refractivity contribution in [3.05, 3.63) is 35.9 Å². The van der Waals surface area contributed by atoms with E-state index in [0.29, 0.717) is 19.6 Å². The van der Waals surface area contributed by atoms with Crippen LogP contribution in [0.1, 0.15) is 50.5 Å². The van der Waals surface area contributed by atoms with Crippen molar-refractivity contribution in [1.29, 1.82) is 0 Å². The van der Waals surface area contributed by atoms with E-state index in [1.165, 1.54) is 5.06 Å². The Morgan fingerprint density at radius 3 is 2.70 bits per heavy atom. The smallest absolute Gasteiger partial charge is 0.272 e. The van der Waals surface area contributed by atoms with Gasteiger partial charge in [-0.3, -0.25) is 14.4 Å². The second-order valence-electron chi connectivity index (χ2n) is 8.77. The molecule has 2 saturated heterocycles. The van der Waals surface area contributed by atoms with Crippen LogP contribution in [0.5, 0.6) is 0 Å². The van der Waals surface area contributed by atoms with Crippen molar-refractivity contribution in [2.24, 2.45) is 5.92 Å². The van der Waals surface area contributed by atoms with Crippen molar-refractivity contribution in [3.63, 3.8) is 0 Å². The van der Waals surface area contributed by atoms with Crippen LogP contribution in [0.15, 0.2) is 30.3 Å². The summed E-state index contributed by atoms with van der Waals surface area (Å²) in [7, 11) is 1.65. The van der Waals surface area contributed by atoms with Crippen molar-refractivity contribution in [1.82, 2.24) is 15.7 Å². The van der Waals surface area contributed by atoms with Gasteiger partial charge < -0.3 is 15.4 Å². The van der Waals surface area contributed by atoms with E-state index in [0.717, 1.165) is 37.8 Å². The zero-order valence-corrected chi connectivity index (χ0v) is 17.9. The Morgan fingerprint density at radius 2 is 2.07 bits per heavy atom. The van der Waals surface area contributed by atoms with E-state index < -0.39 is 5.54 Å². The van der Waals surface area contributed by atoms with Gasteiger partial charge in [0.15, 0.2) is 0 Å². The van der Waals surface area contributed by atoms with Crippen molar-refractivity contribution in [2.75, 3.05) is 26.8 Å². The molecule has 0 radical (unpaired) electrons. The third kappa shape index (κ3) is 4.11. The molecule has 164 valence electrons. The first kappa shape index (κ1) is 21.3. The molecule has 0 bridgehead atoms. The number of hydrogen-bond acceptors (Lipinski definition) is 5. The van der Waals surface area contributed by atoms with Gasteiger partial charge in [0, 0.05) is 25.6 Å². The summed E-state index contributed by atoms with van der Waals surface area (Å²) in [6.07, 6.45) is 4.32. The average molecular weight is 416 g/mol. The van der Waals surface area contributed by atoms with Gasteiger partial charge in [0.25, 0.3) is 5.91 Å². The first-order chi connectivity index (χ1) is 14.6. The van der Waals surface area contributed by atoms with Crippen LogP contribution in [0.25, 0.3) is 0 Å². The van der Waals surface area contributed by atoms with Gasteiger partial charge in [-0.05, 0) is 44.2 Å². The fraction of sp³-hybridized carbons (Fsp3) is 0.652. The van der Waals surface area contributed by atoms with Crippen molar-refractivity contribution < 1.29 is 19.2 Å². The Hall–Kier alpha value is -1.96. The number of amides is 2. The van der Waals surface area contributed by atoms with Crippen LogP contribution in [0.3, 0.4) is 0 Å². The van der Waals surface area contributed by atoms with E-state index >= 15 is 0 Å². The molecule has 1 saturated carbocycles. The molecular formula is C23H33N3O4. The molecule has 7 nitrogen and oxygen atoms in total. The molecule has 4 rings (SSSR count). The number of hydroxylamine groups is 2. The summed E-state index contributed by atoms with van der Waals surface area (Å²) in [4.78, 5) is 32.4. The number of nitrogens with zero attached hydrogens (tertiary/aromatic N) is 1. The maximum Gasteiger partial charge on any atom is 0.272 e. The topological polar surface area (TPSA) is 79.9 Å². The van der Waals surface area contributed by atoms with E-state index in [-0.39, 0.29) is 35.8 Å². The predicted molar refractivity (Wildman–Crippen MR) is 113 cm³/mol. The number of rotatable bonds is 7. The fourth-order valence-electron chi connectivity index (χ4n) is 4.95. The molecule has 3 aliphatic rings. The van der Waals surface area contributed by atoms with Gasteiger partial charge in [-0.15, -0.1) is 0 Å². The lowest BCUT2D eigenvalue weighted by Gasteiger charge is -2.32. The Labute approximate surface area is 178 Å². The van der Waals surface area contributed by atoms with Crippen LogP contribution in [0, 0.1) is 5.92 Å². The molecule has 1 aromatic rings. The molecule has 0 aromatic heterocycles. The summed E-state index contributed by atoms with van der Waals surface area (Å²) >= 11 is 0. The molecule has 2 amide bonds. The highest BCUT2D eigenvalue weighted by Gasteiger charge is 2.63. The first-order valence-corrected chi connectivity index (χ1v) is 11.1. The Bertz CT molecular complexity index is 746. The Kier molecular flexibility index (Phi) is 6.41. The molecule has 3 fully saturated rings. The molecule has 1 unspecified atom stereocenters. The van der Waals surface area contributed by atoms with Crippen molar-refractivity contribution in [3.8, 4) is 0 Å². The van der Waals surface area contributed by atoms with Crippen LogP contribution in [-0.2, 0) is 19.2 Å². The molecule has 2 heterocycles. The average Bonchev–Trinajstić information content (AvgIpc) is 3.26. The maximum atomic E-state index is 13.5. The number of methoxy groups -OCH3 is 1. The summed E-state index contributed by atoms with van der Waals surface area (Å²) in [5, 5.41) is 8.03. The second-order valence-corrected chi connectivity index (χ2v) is 8.77. The molecule has 30 heavy (non-hydrogen) atoms. The molecule has 2 N–H and O–H groups in total. The molecule has 7 heteroatoms. The van der Waals surface area contributed by atoms with Gasteiger partial charge in [0.05, 0.1) is 18.6 Å². The zero-order chi connectivity index (χ0) is 21.1. The third-order valence-electron chi connectivity index (χ3n) is 6.79. The van der Waals surface area contributed by atoms with Crippen LogP contribution in [0.2, 0.25) is 0 Å². The zero-order valence-electron chi connectivity index (χ0n) is 17.9. The van der Waals surface area contributed by atoms with E-state index in [9.17, 15) is 9.59 Å². The minimum Gasteiger partial charge on any atom is -0.379 e. The van der Waals surface area contributed by atoms with E-state index in [2.05, 4.69) is 10.6 Å². The van der Waals surface area contributed by atoms with E-state index in [4.69, 9.17) is 9.57 Å². The SMILES string of the molecule is CO[C@@H]([C@@H]1CCCN1)[C@@H](C)C(=O)NC1(C(=O)N2CCCCO2)C[C@@H]1c1ccccc1. The number of carbonyl (C=O) groups is 2. The lowest BCUT2D eigenvalue weighted by Crippen LogP contribution is -2.56. The Morgan fingerprint density at radius 1 is 1.27 bits per heavy atom. The van der Waals surface area contributed by atoms with Crippen molar-refractivity contribution in [2.45, 2.75) is 62.6 Å². The largest absolute Gasteiger partial charge is 0.379 e. The lowest BCUT2D eigenvalue weighted by atomic mass is 9.94. The lowest BCUT2D eigenvalue weighted by molar-refractivity contribution is -0.200. The summed E-state index contributed by atoms with van der Waals surface area (Å²) < 4.78 is 5.70. The molecule has 1 aromatic carbocycles. The van der Waals surface area contributed by atoms with Crippen LogP contribution in [-0.4, -0.2) is 61.4 Å². The van der Waals surface area contributed by atoms with Crippen LogP contribution >= 0.6 is 0 Å².